The molecule has 0 amide bonds. The Bertz CT molecular complexity index is 596. The maximum Gasteiger partial charge on any atom is 0.201 e. The monoisotopic (exact) mass is 245 g/mol. The van der Waals surface area contributed by atoms with Gasteiger partial charge in [-0.05, 0) is 44.7 Å². The molecule has 1 aliphatic rings. The average molecular weight is 245 g/mol. The van der Waals surface area contributed by atoms with Gasteiger partial charge in [-0.25, -0.2) is 4.98 Å². The summed E-state index contributed by atoms with van der Waals surface area (Å²) in [6.07, 6.45) is 2.55. The van der Waals surface area contributed by atoms with Gasteiger partial charge in [0.25, 0.3) is 0 Å². The van der Waals surface area contributed by atoms with Crippen molar-refractivity contribution in [3.8, 4) is 5.75 Å². The zero-order valence-electron chi connectivity index (χ0n) is 11.1. The number of nitrogen functional groups attached to an aromatic ring is 1. The summed E-state index contributed by atoms with van der Waals surface area (Å²) in [5.41, 5.74) is 8.12. The van der Waals surface area contributed by atoms with Crippen LogP contribution in [0.4, 0.5) is 5.95 Å². The first kappa shape index (κ1) is 11.4. The highest BCUT2D eigenvalue weighted by molar-refractivity contribution is 5.80. The van der Waals surface area contributed by atoms with Crippen LogP contribution < -0.4 is 10.5 Å². The number of aromatic nitrogens is 2. The lowest BCUT2D eigenvalue weighted by molar-refractivity contribution is 0.318. The van der Waals surface area contributed by atoms with Gasteiger partial charge in [-0.2, -0.15) is 0 Å². The number of benzene rings is 1. The SMILES string of the molecule is COc1ccc2nc(N)n(C(C)(C)C3CC3)c2c1. The molecule has 0 saturated heterocycles. The van der Waals surface area contributed by atoms with E-state index in [2.05, 4.69) is 23.4 Å². The van der Waals surface area contributed by atoms with Crippen molar-refractivity contribution in [1.29, 1.82) is 0 Å². The molecule has 4 heteroatoms. The molecule has 1 aromatic heterocycles. The Balaban J connectivity index is 2.23. The molecule has 1 saturated carbocycles. The van der Waals surface area contributed by atoms with Crippen molar-refractivity contribution in [2.24, 2.45) is 5.92 Å². The summed E-state index contributed by atoms with van der Waals surface area (Å²) in [5.74, 6) is 2.13. The molecule has 2 aromatic rings. The number of hydrogen-bond acceptors (Lipinski definition) is 3. The maximum absolute atomic E-state index is 6.11. The van der Waals surface area contributed by atoms with Gasteiger partial charge < -0.3 is 15.0 Å². The number of fused-ring (bicyclic) bond motifs is 1. The molecule has 1 heterocycles. The molecule has 0 atom stereocenters. The minimum atomic E-state index is 0.0190. The molecule has 96 valence electrons. The number of nitrogens with zero attached hydrogens (tertiary/aromatic N) is 2. The van der Waals surface area contributed by atoms with Crippen molar-refractivity contribution in [1.82, 2.24) is 9.55 Å². The van der Waals surface area contributed by atoms with Crippen molar-refractivity contribution in [3.63, 3.8) is 0 Å². The summed E-state index contributed by atoms with van der Waals surface area (Å²) >= 11 is 0. The van der Waals surface area contributed by atoms with E-state index < -0.39 is 0 Å². The minimum Gasteiger partial charge on any atom is -0.497 e. The first-order valence-electron chi connectivity index (χ1n) is 6.36. The number of methoxy groups -OCH3 is 1. The quantitative estimate of drug-likeness (QED) is 0.904. The van der Waals surface area contributed by atoms with Crippen LogP contribution in [0.25, 0.3) is 11.0 Å². The lowest BCUT2D eigenvalue weighted by Crippen LogP contribution is -2.29. The number of rotatable bonds is 3. The fraction of sp³-hybridized carbons (Fsp3) is 0.500. The molecule has 1 aliphatic carbocycles. The Morgan fingerprint density at radius 2 is 2.11 bits per heavy atom. The summed E-state index contributed by atoms with van der Waals surface area (Å²) in [5, 5.41) is 0. The first-order valence-corrected chi connectivity index (χ1v) is 6.36. The van der Waals surface area contributed by atoms with Crippen molar-refractivity contribution in [3.05, 3.63) is 18.2 Å². The normalized spacial score (nSPS) is 16.2. The second kappa shape index (κ2) is 3.64. The van der Waals surface area contributed by atoms with E-state index in [1.165, 1.54) is 12.8 Å². The molecule has 1 fully saturated rings. The largest absolute Gasteiger partial charge is 0.497 e. The van der Waals surface area contributed by atoms with Crippen molar-refractivity contribution in [2.75, 3.05) is 12.8 Å². The van der Waals surface area contributed by atoms with E-state index in [-0.39, 0.29) is 5.54 Å². The maximum atomic E-state index is 6.11. The standard InChI is InChI=1S/C14H19N3O/c1-14(2,9-4-5-9)17-12-8-10(18-3)6-7-11(12)16-13(17)15/h6-9H,4-5H2,1-3H3,(H2,15,16). The van der Waals surface area contributed by atoms with Gasteiger partial charge in [0.2, 0.25) is 5.95 Å². The van der Waals surface area contributed by atoms with E-state index in [0.717, 1.165) is 16.8 Å². The molecule has 0 unspecified atom stereocenters. The van der Waals surface area contributed by atoms with Gasteiger partial charge in [0.1, 0.15) is 5.75 Å². The third-order valence-electron chi connectivity index (χ3n) is 4.04. The van der Waals surface area contributed by atoms with Gasteiger partial charge in [-0.3, -0.25) is 0 Å². The van der Waals surface area contributed by atoms with Gasteiger partial charge in [-0.1, -0.05) is 0 Å². The summed E-state index contributed by atoms with van der Waals surface area (Å²) < 4.78 is 7.45. The Kier molecular flexibility index (Phi) is 2.30. The molecule has 0 spiro atoms. The molecule has 2 N–H and O–H groups in total. The van der Waals surface area contributed by atoms with Gasteiger partial charge in [0, 0.05) is 11.6 Å². The molecule has 3 rings (SSSR count). The second-order valence-corrected chi connectivity index (χ2v) is 5.59. The molecular weight excluding hydrogens is 226 g/mol. The predicted molar refractivity (Wildman–Crippen MR) is 72.7 cm³/mol. The van der Waals surface area contributed by atoms with Crippen LogP contribution in [0.15, 0.2) is 18.2 Å². The molecule has 18 heavy (non-hydrogen) atoms. The third kappa shape index (κ3) is 1.55. The van der Waals surface area contributed by atoms with Gasteiger partial charge >= 0.3 is 0 Å². The fourth-order valence-electron chi connectivity index (χ4n) is 2.78. The lowest BCUT2D eigenvalue weighted by atomic mass is 9.98. The zero-order valence-corrected chi connectivity index (χ0v) is 11.1. The van der Waals surface area contributed by atoms with Crippen molar-refractivity contribution < 1.29 is 4.74 Å². The van der Waals surface area contributed by atoms with Crippen LogP contribution in [0.2, 0.25) is 0 Å². The molecule has 0 radical (unpaired) electrons. The van der Waals surface area contributed by atoms with Crippen LogP contribution in [0.3, 0.4) is 0 Å². The summed E-state index contributed by atoms with van der Waals surface area (Å²) in [4.78, 5) is 4.45. The summed E-state index contributed by atoms with van der Waals surface area (Å²) in [6.45, 7) is 4.48. The van der Waals surface area contributed by atoms with Gasteiger partial charge in [-0.15, -0.1) is 0 Å². The first-order chi connectivity index (χ1) is 8.54. The minimum absolute atomic E-state index is 0.0190. The molecule has 0 bridgehead atoms. The van der Waals surface area contributed by atoms with Gasteiger partial charge in [0.15, 0.2) is 0 Å². The van der Waals surface area contributed by atoms with Crippen LogP contribution in [-0.4, -0.2) is 16.7 Å². The summed E-state index contributed by atoms with van der Waals surface area (Å²) in [6, 6.07) is 5.90. The Hall–Kier alpha value is -1.71. The van der Waals surface area contributed by atoms with E-state index in [0.29, 0.717) is 11.9 Å². The molecular formula is C14H19N3O. The van der Waals surface area contributed by atoms with E-state index in [9.17, 15) is 0 Å². The topological polar surface area (TPSA) is 53.1 Å². The van der Waals surface area contributed by atoms with E-state index in [1.807, 2.05) is 18.2 Å². The molecule has 0 aliphatic heterocycles. The number of imidazole rings is 1. The van der Waals surface area contributed by atoms with Crippen LogP contribution in [0.1, 0.15) is 26.7 Å². The smallest absolute Gasteiger partial charge is 0.201 e. The average Bonchev–Trinajstić information content (AvgIpc) is 3.11. The fourth-order valence-corrected chi connectivity index (χ4v) is 2.78. The Labute approximate surface area is 107 Å². The number of ether oxygens (including phenoxy) is 1. The summed E-state index contributed by atoms with van der Waals surface area (Å²) in [7, 11) is 1.68. The number of hydrogen-bond donors (Lipinski definition) is 1. The van der Waals surface area contributed by atoms with E-state index in [4.69, 9.17) is 10.5 Å². The van der Waals surface area contributed by atoms with E-state index >= 15 is 0 Å². The van der Waals surface area contributed by atoms with Crippen LogP contribution in [0, 0.1) is 5.92 Å². The second-order valence-electron chi connectivity index (χ2n) is 5.59. The van der Waals surface area contributed by atoms with Crippen LogP contribution in [0.5, 0.6) is 5.75 Å². The lowest BCUT2D eigenvalue weighted by Gasteiger charge is -2.28. The Morgan fingerprint density at radius 1 is 1.39 bits per heavy atom. The third-order valence-corrected chi connectivity index (χ3v) is 4.04. The van der Waals surface area contributed by atoms with Crippen molar-refractivity contribution >= 4 is 17.0 Å². The highest BCUT2D eigenvalue weighted by atomic mass is 16.5. The van der Waals surface area contributed by atoms with Gasteiger partial charge in [0.05, 0.1) is 18.1 Å². The molecule has 4 nitrogen and oxygen atoms in total. The van der Waals surface area contributed by atoms with E-state index in [1.54, 1.807) is 7.11 Å². The molecule has 1 aromatic carbocycles. The van der Waals surface area contributed by atoms with Crippen LogP contribution in [-0.2, 0) is 5.54 Å². The number of anilines is 1. The van der Waals surface area contributed by atoms with Crippen molar-refractivity contribution in [2.45, 2.75) is 32.2 Å². The highest BCUT2D eigenvalue weighted by Gasteiger charge is 2.40. The number of nitrogens with two attached hydrogens (primary N) is 1. The zero-order chi connectivity index (χ0) is 12.9. The highest BCUT2D eigenvalue weighted by Crippen LogP contribution is 2.46. The Morgan fingerprint density at radius 3 is 2.72 bits per heavy atom. The van der Waals surface area contributed by atoms with Crippen LogP contribution >= 0.6 is 0 Å². The predicted octanol–water partition coefficient (Wildman–Crippen LogP) is 2.77.